The molecule has 0 radical (unpaired) electrons. The standard InChI is InChI=1S/C9H9NO/c1-2-6-10-8(4-1)9-5-3-7-11-9/h1,3-8H,2H2. The van der Waals surface area contributed by atoms with Crippen molar-refractivity contribution in [3.05, 3.63) is 36.3 Å². The minimum atomic E-state index is 0.110. The van der Waals surface area contributed by atoms with Crippen molar-refractivity contribution in [2.24, 2.45) is 4.99 Å². The van der Waals surface area contributed by atoms with Crippen LogP contribution in [-0.2, 0) is 0 Å². The monoisotopic (exact) mass is 147 g/mol. The van der Waals surface area contributed by atoms with Gasteiger partial charge in [-0.2, -0.15) is 0 Å². The first-order valence-corrected chi connectivity index (χ1v) is 3.68. The van der Waals surface area contributed by atoms with Crippen molar-refractivity contribution in [2.45, 2.75) is 12.5 Å². The van der Waals surface area contributed by atoms with E-state index in [2.05, 4.69) is 17.1 Å². The summed E-state index contributed by atoms with van der Waals surface area (Å²) in [7, 11) is 0. The van der Waals surface area contributed by atoms with E-state index in [1.54, 1.807) is 6.26 Å². The molecule has 2 nitrogen and oxygen atoms in total. The Hall–Kier alpha value is -1.31. The highest BCUT2D eigenvalue weighted by Gasteiger charge is 2.08. The van der Waals surface area contributed by atoms with Crippen LogP contribution in [0.2, 0.25) is 0 Å². The highest BCUT2D eigenvalue weighted by atomic mass is 16.3. The molecule has 2 rings (SSSR count). The van der Waals surface area contributed by atoms with Gasteiger partial charge in [-0.1, -0.05) is 12.2 Å². The molecule has 1 aromatic heterocycles. The van der Waals surface area contributed by atoms with Crippen LogP contribution in [0, 0.1) is 0 Å². The van der Waals surface area contributed by atoms with Gasteiger partial charge in [0.25, 0.3) is 0 Å². The second-order valence-electron chi connectivity index (χ2n) is 2.46. The topological polar surface area (TPSA) is 25.5 Å². The van der Waals surface area contributed by atoms with E-state index in [4.69, 9.17) is 4.42 Å². The molecule has 56 valence electrons. The molecule has 2 heterocycles. The van der Waals surface area contributed by atoms with Crippen molar-refractivity contribution in [2.75, 3.05) is 0 Å². The van der Waals surface area contributed by atoms with E-state index in [0.717, 1.165) is 12.2 Å². The van der Waals surface area contributed by atoms with Crippen LogP contribution >= 0.6 is 0 Å². The van der Waals surface area contributed by atoms with Gasteiger partial charge in [-0.3, -0.25) is 4.99 Å². The lowest BCUT2D eigenvalue weighted by molar-refractivity contribution is 0.494. The molecule has 0 saturated carbocycles. The Labute approximate surface area is 65.3 Å². The quantitative estimate of drug-likeness (QED) is 0.560. The SMILES string of the molecule is C1=CC(c2ccco2)N=CC1. The van der Waals surface area contributed by atoms with Crippen LogP contribution in [0.1, 0.15) is 18.2 Å². The lowest BCUT2D eigenvalue weighted by Crippen LogP contribution is -1.93. The molecule has 1 aromatic rings. The third-order valence-corrected chi connectivity index (χ3v) is 1.66. The van der Waals surface area contributed by atoms with E-state index >= 15 is 0 Å². The third kappa shape index (κ3) is 1.24. The van der Waals surface area contributed by atoms with Crippen LogP contribution in [0.4, 0.5) is 0 Å². The summed E-state index contributed by atoms with van der Waals surface area (Å²) in [5.41, 5.74) is 0. The number of hydrogen-bond acceptors (Lipinski definition) is 2. The van der Waals surface area contributed by atoms with Gasteiger partial charge in [0.2, 0.25) is 0 Å². The number of allylic oxidation sites excluding steroid dienone is 1. The van der Waals surface area contributed by atoms with Crippen LogP contribution in [0.5, 0.6) is 0 Å². The Morgan fingerprint density at radius 1 is 1.55 bits per heavy atom. The van der Waals surface area contributed by atoms with Gasteiger partial charge in [-0.25, -0.2) is 0 Å². The summed E-state index contributed by atoms with van der Waals surface area (Å²) >= 11 is 0. The average Bonchev–Trinajstić information content (AvgIpc) is 2.58. The smallest absolute Gasteiger partial charge is 0.132 e. The van der Waals surface area contributed by atoms with Crippen LogP contribution < -0.4 is 0 Å². The summed E-state index contributed by atoms with van der Waals surface area (Å²) < 4.78 is 5.21. The molecule has 1 aliphatic heterocycles. The van der Waals surface area contributed by atoms with E-state index in [9.17, 15) is 0 Å². The molecule has 0 amide bonds. The number of hydrogen-bond donors (Lipinski definition) is 0. The highest BCUT2D eigenvalue weighted by molar-refractivity contribution is 5.61. The minimum absolute atomic E-state index is 0.110. The fraction of sp³-hybridized carbons (Fsp3) is 0.222. The molecule has 1 unspecified atom stereocenters. The Morgan fingerprint density at radius 3 is 3.18 bits per heavy atom. The maximum atomic E-state index is 5.21. The van der Waals surface area contributed by atoms with E-state index in [0.29, 0.717) is 0 Å². The molecule has 0 N–H and O–H groups in total. The van der Waals surface area contributed by atoms with Gasteiger partial charge >= 0.3 is 0 Å². The maximum absolute atomic E-state index is 5.21. The van der Waals surface area contributed by atoms with E-state index < -0.39 is 0 Å². The summed E-state index contributed by atoms with van der Waals surface area (Å²) in [6, 6.07) is 3.93. The third-order valence-electron chi connectivity index (χ3n) is 1.66. The first kappa shape index (κ1) is 6.40. The Morgan fingerprint density at radius 2 is 2.55 bits per heavy atom. The number of rotatable bonds is 1. The summed E-state index contributed by atoms with van der Waals surface area (Å²) in [5, 5.41) is 0. The number of aliphatic imine (C=N–C) groups is 1. The van der Waals surface area contributed by atoms with Crippen molar-refractivity contribution in [1.29, 1.82) is 0 Å². The van der Waals surface area contributed by atoms with Gasteiger partial charge in [-0.05, 0) is 12.1 Å². The van der Waals surface area contributed by atoms with Gasteiger partial charge < -0.3 is 4.42 Å². The minimum Gasteiger partial charge on any atom is -0.467 e. The summed E-state index contributed by atoms with van der Waals surface area (Å²) in [6.45, 7) is 0. The predicted octanol–water partition coefficient (Wildman–Crippen LogP) is 2.35. The first-order chi connectivity index (χ1) is 5.47. The van der Waals surface area contributed by atoms with Gasteiger partial charge in [0.15, 0.2) is 0 Å². The summed E-state index contributed by atoms with van der Waals surface area (Å²) in [4.78, 5) is 4.27. The van der Waals surface area contributed by atoms with Crippen molar-refractivity contribution in [3.63, 3.8) is 0 Å². The molecule has 1 atom stereocenters. The van der Waals surface area contributed by atoms with Crippen LogP contribution in [0.25, 0.3) is 0 Å². The second-order valence-corrected chi connectivity index (χ2v) is 2.46. The van der Waals surface area contributed by atoms with Gasteiger partial charge in [-0.15, -0.1) is 0 Å². The normalized spacial score (nSPS) is 22.4. The summed E-state index contributed by atoms with van der Waals surface area (Å²) in [6.07, 6.45) is 8.68. The lowest BCUT2D eigenvalue weighted by atomic mass is 10.2. The Balaban J connectivity index is 2.23. The number of furan rings is 1. The lowest BCUT2D eigenvalue weighted by Gasteiger charge is -2.05. The predicted molar refractivity (Wildman–Crippen MR) is 43.7 cm³/mol. The van der Waals surface area contributed by atoms with Crippen LogP contribution in [0.15, 0.2) is 40.0 Å². The van der Waals surface area contributed by atoms with Crippen LogP contribution in [0.3, 0.4) is 0 Å². The molecule has 0 bridgehead atoms. The van der Waals surface area contributed by atoms with E-state index in [-0.39, 0.29) is 6.04 Å². The number of nitrogens with zero attached hydrogens (tertiary/aromatic N) is 1. The van der Waals surface area contributed by atoms with E-state index in [1.807, 2.05) is 18.3 Å². The first-order valence-electron chi connectivity index (χ1n) is 3.68. The summed E-state index contributed by atoms with van der Waals surface area (Å²) in [5.74, 6) is 0.914. The fourth-order valence-electron chi connectivity index (χ4n) is 1.12. The highest BCUT2D eigenvalue weighted by Crippen LogP contribution is 2.20. The Bertz CT molecular complexity index is 260. The average molecular weight is 147 g/mol. The molecule has 0 aromatic carbocycles. The molecular weight excluding hydrogens is 138 g/mol. The Kier molecular flexibility index (Phi) is 1.60. The molecule has 0 saturated heterocycles. The zero-order chi connectivity index (χ0) is 7.52. The van der Waals surface area contributed by atoms with Crippen molar-refractivity contribution in [3.8, 4) is 0 Å². The molecule has 1 aliphatic rings. The van der Waals surface area contributed by atoms with Crippen LogP contribution in [-0.4, -0.2) is 6.21 Å². The fourth-order valence-corrected chi connectivity index (χ4v) is 1.12. The largest absolute Gasteiger partial charge is 0.467 e. The zero-order valence-corrected chi connectivity index (χ0v) is 6.10. The van der Waals surface area contributed by atoms with Gasteiger partial charge in [0.05, 0.1) is 6.26 Å². The number of dihydropyridines is 1. The van der Waals surface area contributed by atoms with E-state index in [1.165, 1.54) is 0 Å². The molecule has 0 spiro atoms. The van der Waals surface area contributed by atoms with Crippen molar-refractivity contribution < 1.29 is 4.42 Å². The second kappa shape index (κ2) is 2.74. The van der Waals surface area contributed by atoms with Gasteiger partial charge in [0, 0.05) is 12.6 Å². The maximum Gasteiger partial charge on any atom is 0.132 e. The van der Waals surface area contributed by atoms with Crippen molar-refractivity contribution in [1.82, 2.24) is 0 Å². The molecule has 11 heavy (non-hydrogen) atoms. The molecule has 2 heteroatoms. The zero-order valence-electron chi connectivity index (χ0n) is 6.10. The molecule has 0 fully saturated rings. The molecular formula is C9H9NO. The molecule has 0 aliphatic carbocycles. The van der Waals surface area contributed by atoms with Crippen molar-refractivity contribution >= 4 is 6.21 Å². The van der Waals surface area contributed by atoms with Gasteiger partial charge in [0.1, 0.15) is 11.8 Å².